The summed E-state index contributed by atoms with van der Waals surface area (Å²) in [5.74, 6) is -0.282. The largest absolute Gasteiger partial charge is 0.395 e. The number of amides is 1. The molecule has 0 unspecified atom stereocenters. The molecule has 0 aliphatic rings. The van der Waals surface area contributed by atoms with E-state index in [1.54, 1.807) is 19.9 Å². The van der Waals surface area contributed by atoms with Gasteiger partial charge in [0.15, 0.2) is 0 Å². The fourth-order valence-electron chi connectivity index (χ4n) is 2.11. The summed E-state index contributed by atoms with van der Waals surface area (Å²) in [6, 6.07) is 1.66. The second-order valence-corrected chi connectivity index (χ2v) is 4.50. The molecule has 0 fully saturated rings. The van der Waals surface area contributed by atoms with E-state index in [9.17, 15) is 4.79 Å². The van der Waals surface area contributed by atoms with E-state index in [1.807, 2.05) is 0 Å². The Morgan fingerprint density at radius 3 is 2.55 bits per heavy atom. The average Bonchev–Trinajstić information content (AvgIpc) is 2.78. The lowest BCUT2D eigenvalue weighted by Gasteiger charge is -2.21. The lowest BCUT2D eigenvalue weighted by molar-refractivity contribution is 0.0686. The molecule has 1 amide bonds. The molecule has 0 bridgehead atoms. The number of aliphatic hydroxyl groups is 2. The number of aliphatic hydroxyl groups excluding tert-OH is 2. The van der Waals surface area contributed by atoms with Crippen LogP contribution >= 0.6 is 0 Å². The van der Waals surface area contributed by atoms with Gasteiger partial charge >= 0.3 is 0 Å². The zero-order valence-electron chi connectivity index (χ0n) is 11.5. The second kappa shape index (κ2) is 5.98. The van der Waals surface area contributed by atoms with E-state index in [0.717, 1.165) is 0 Å². The Balaban J connectivity index is 2.49. The third-order valence-electron chi connectivity index (χ3n) is 3.00. The molecule has 0 aliphatic carbocycles. The molecular formula is C13H17N3O4. The van der Waals surface area contributed by atoms with Crippen LogP contribution in [0.4, 0.5) is 0 Å². The highest BCUT2D eigenvalue weighted by atomic mass is 16.5. The van der Waals surface area contributed by atoms with Crippen LogP contribution < -0.4 is 0 Å². The van der Waals surface area contributed by atoms with Crippen LogP contribution in [-0.4, -0.2) is 57.5 Å². The fraction of sp³-hybridized carbons (Fsp3) is 0.462. The van der Waals surface area contributed by atoms with Crippen LogP contribution in [0.25, 0.3) is 11.1 Å². The minimum atomic E-state index is -0.282. The first-order chi connectivity index (χ1) is 9.58. The number of hydrogen-bond acceptors (Lipinski definition) is 6. The highest BCUT2D eigenvalue weighted by molar-refractivity contribution is 6.06. The van der Waals surface area contributed by atoms with Crippen LogP contribution in [0.15, 0.2) is 10.6 Å². The van der Waals surface area contributed by atoms with Gasteiger partial charge in [-0.15, -0.1) is 0 Å². The first-order valence-corrected chi connectivity index (χ1v) is 6.33. The van der Waals surface area contributed by atoms with Gasteiger partial charge in [-0.3, -0.25) is 4.79 Å². The molecule has 7 heteroatoms. The van der Waals surface area contributed by atoms with Gasteiger partial charge in [-0.1, -0.05) is 5.16 Å². The molecule has 2 rings (SSSR count). The van der Waals surface area contributed by atoms with Gasteiger partial charge in [-0.05, 0) is 19.9 Å². The van der Waals surface area contributed by atoms with Crippen LogP contribution in [0.2, 0.25) is 0 Å². The number of carbonyl (C=O) groups excluding carboxylic acids is 1. The van der Waals surface area contributed by atoms with Crippen LogP contribution in [0.3, 0.4) is 0 Å². The van der Waals surface area contributed by atoms with Gasteiger partial charge in [-0.25, -0.2) is 4.98 Å². The van der Waals surface area contributed by atoms with Gasteiger partial charge in [0, 0.05) is 18.8 Å². The standard InChI is InChI=1S/C13H17N3O4/c1-8-7-10(11-9(2)15-20-12(11)14-8)13(19)16(3-5-17)4-6-18/h7,17-18H,3-6H2,1-2H3. The SMILES string of the molecule is Cc1cc(C(=O)N(CCO)CCO)c2c(C)noc2n1. The number of carbonyl (C=O) groups is 1. The Bertz CT molecular complexity index is 617. The van der Waals surface area contributed by atoms with Crippen molar-refractivity contribution in [3.8, 4) is 0 Å². The average molecular weight is 279 g/mol. The Labute approximate surface area is 115 Å². The molecule has 0 saturated carbocycles. The molecule has 0 atom stereocenters. The van der Waals surface area contributed by atoms with E-state index < -0.39 is 0 Å². The summed E-state index contributed by atoms with van der Waals surface area (Å²) < 4.78 is 5.09. The van der Waals surface area contributed by atoms with Crippen molar-refractivity contribution in [2.24, 2.45) is 0 Å². The van der Waals surface area contributed by atoms with Crippen molar-refractivity contribution in [2.75, 3.05) is 26.3 Å². The van der Waals surface area contributed by atoms with Gasteiger partial charge in [-0.2, -0.15) is 0 Å². The summed E-state index contributed by atoms with van der Waals surface area (Å²) in [6.07, 6.45) is 0. The summed E-state index contributed by atoms with van der Waals surface area (Å²) in [5.41, 5.74) is 1.97. The molecule has 0 radical (unpaired) electrons. The van der Waals surface area contributed by atoms with Crippen molar-refractivity contribution in [3.05, 3.63) is 23.0 Å². The molecular weight excluding hydrogens is 262 g/mol. The summed E-state index contributed by atoms with van der Waals surface area (Å²) in [7, 11) is 0. The Morgan fingerprint density at radius 2 is 1.95 bits per heavy atom. The minimum absolute atomic E-state index is 0.159. The molecule has 0 spiro atoms. The quantitative estimate of drug-likeness (QED) is 0.814. The first kappa shape index (κ1) is 14.4. The van der Waals surface area contributed by atoms with Crippen molar-refractivity contribution in [2.45, 2.75) is 13.8 Å². The lowest BCUT2D eigenvalue weighted by Crippen LogP contribution is -2.36. The van der Waals surface area contributed by atoms with Gasteiger partial charge in [0.05, 0.1) is 29.9 Å². The predicted molar refractivity (Wildman–Crippen MR) is 71.4 cm³/mol. The Kier molecular flexibility index (Phi) is 4.31. The topological polar surface area (TPSA) is 99.7 Å². The molecule has 0 saturated heterocycles. The van der Waals surface area contributed by atoms with Crippen molar-refractivity contribution < 1.29 is 19.5 Å². The van der Waals surface area contributed by atoms with Crippen LogP contribution in [0, 0.1) is 13.8 Å². The number of nitrogens with zero attached hydrogens (tertiary/aromatic N) is 3. The first-order valence-electron chi connectivity index (χ1n) is 6.33. The third-order valence-corrected chi connectivity index (χ3v) is 3.00. The third kappa shape index (κ3) is 2.63. The molecule has 2 aromatic rings. The molecule has 0 aliphatic heterocycles. The maximum absolute atomic E-state index is 12.5. The molecule has 108 valence electrons. The molecule has 2 N–H and O–H groups in total. The van der Waals surface area contributed by atoms with Crippen molar-refractivity contribution in [1.29, 1.82) is 0 Å². The molecule has 0 aromatic carbocycles. The molecule has 2 heterocycles. The second-order valence-electron chi connectivity index (χ2n) is 4.50. The molecule has 2 aromatic heterocycles. The molecule has 20 heavy (non-hydrogen) atoms. The van der Waals surface area contributed by atoms with Crippen molar-refractivity contribution in [1.82, 2.24) is 15.0 Å². The fourth-order valence-corrected chi connectivity index (χ4v) is 2.11. The summed E-state index contributed by atoms with van der Waals surface area (Å²) >= 11 is 0. The maximum Gasteiger partial charge on any atom is 0.258 e. The van der Waals surface area contributed by atoms with E-state index in [4.69, 9.17) is 14.7 Å². The highest BCUT2D eigenvalue weighted by Gasteiger charge is 2.22. The monoisotopic (exact) mass is 279 g/mol. The van der Waals surface area contributed by atoms with Crippen LogP contribution in [-0.2, 0) is 0 Å². The number of aromatic nitrogens is 2. The zero-order chi connectivity index (χ0) is 14.7. The summed E-state index contributed by atoms with van der Waals surface area (Å²) in [6.45, 7) is 3.49. The van der Waals surface area contributed by atoms with E-state index in [1.165, 1.54) is 4.90 Å². The van der Waals surface area contributed by atoms with E-state index >= 15 is 0 Å². The van der Waals surface area contributed by atoms with E-state index in [0.29, 0.717) is 28.1 Å². The van der Waals surface area contributed by atoms with Crippen molar-refractivity contribution >= 4 is 17.0 Å². The number of rotatable bonds is 5. The van der Waals surface area contributed by atoms with Gasteiger partial charge in [0.2, 0.25) is 0 Å². The zero-order valence-corrected chi connectivity index (χ0v) is 11.5. The maximum atomic E-state index is 12.5. The Hall–Kier alpha value is -1.99. The Morgan fingerprint density at radius 1 is 1.30 bits per heavy atom. The smallest absolute Gasteiger partial charge is 0.258 e. The van der Waals surface area contributed by atoms with Gasteiger partial charge < -0.3 is 19.6 Å². The summed E-state index contributed by atoms with van der Waals surface area (Å²) in [5, 5.41) is 22.4. The van der Waals surface area contributed by atoms with Crippen LogP contribution in [0.1, 0.15) is 21.7 Å². The van der Waals surface area contributed by atoms with E-state index in [-0.39, 0.29) is 32.2 Å². The van der Waals surface area contributed by atoms with Gasteiger partial charge in [0.25, 0.3) is 11.6 Å². The highest BCUT2D eigenvalue weighted by Crippen LogP contribution is 2.23. The minimum Gasteiger partial charge on any atom is -0.395 e. The number of pyridine rings is 1. The number of aryl methyl sites for hydroxylation is 2. The number of hydrogen-bond donors (Lipinski definition) is 2. The van der Waals surface area contributed by atoms with Gasteiger partial charge in [0.1, 0.15) is 0 Å². The van der Waals surface area contributed by atoms with Crippen LogP contribution in [0.5, 0.6) is 0 Å². The predicted octanol–water partition coefficient (Wildman–Crippen LogP) is 0.266. The van der Waals surface area contributed by atoms with E-state index in [2.05, 4.69) is 10.1 Å². The lowest BCUT2D eigenvalue weighted by atomic mass is 10.1. The normalized spacial score (nSPS) is 11.0. The molecule has 7 nitrogen and oxygen atoms in total. The summed E-state index contributed by atoms with van der Waals surface area (Å²) in [4.78, 5) is 18.1. The van der Waals surface area contributed by atoms with Crippen molar-refractivity contribution in [3.63, 3.8) is 0 Å². The number of fused-ring (bicyclic) bond motifs is 1.